The molecule has 0 aromatic rings. The number of carboxylic acid groups (broad SMARTS) is 1. The van der Waals surface area contributed by atoms with Gasteiger partial charge >= 0.3 is 11.9 Å². The smallest absolute Gasteiger partial charge is 0.335 e. The number of allylic oxidation sites excluding steroid dienone is 2. The minimum atomic E-state index is -2.30. The number of ether oxygens (including phenoxy) is 5. The van der Waals surface area contributed by atoms with Crippen LogP contribution in [-0.2, 0) is 33.3 Å². The quantitative estimate of drug-likeness (QED) is 0.122. The third kappa shape index (κ3) is 7.16. The standard InChI is InChI=1S/C47H74O18/c1-41(2)14-16-46(40(60)64-39-32(54)30(52)29(51)24(19-48)62-39)17-15-44(6)21(22(46)18-41)8-9-27-43(5)12-10-26(42(3,4)25(43)11-13-45(27,44)7)47(65-38-31(53)28(50)23(49)20-61-38)34(55)33(36(57)58)63-37(59)35(47)56/h8,22-35,37-39,48-56,59H,9-20H2,1-7H3,(H,57,58)/t22-,23-,24-,25?,26?,27?,28+,29-,30+,31-,32-,33+,34-,35+,37?,38?,39?,43+,44-,45-,46+,47+/m1/s1. The minimum absolute atomic E-state index is 0.104. The average molecular weight is 927 g/mol. The lowest BCUT2D eigenvalue weighted by molar-refractivity contribution is -0.398. The molecular formula is C47H74O18. The van der Waals surface area contributed by atoms with E-state index in [0.29, 0.717) is 44.9 Å². The first-order valence-corrected chi connectivity index (χ1v) is 23.7. The molecule has 0 aromatic carbocycles. The molecule has 8 rings (SSSR count). The fourth-order valence-corrected chi connectivity index (χ4v) is 15.7. The summed E-state index contributed by atoms with van der Waals surface area (Å²) < 4.78 is 29.0. The van der Waals surface area contributed by atoms with Gasteiger partial charge in [-0.2, -0.15) is 0 Å². The highest BCUT2D eigenvalue weighted by molar-refractivity contribution is 5.79. The zero-order chi connectivity index (χ0) is 47.8. The first-order valence-electron chi connectivity index (χ1n) is 23.7. The van der Waals surface area contributed by atoms with Gasteiger partial charge in [-0.1, -0.05) is 60.1 Å². The third-order valence-corrected chi connectivity index (χ3v) is 19.5. The number of esters is 1. The van der Waals surface area contributed by atoms with E-state index < -0.39 is 127 Å². The zero-order valence-electron chi connectivity index (χ0n) is 38.7. The Balaban J connectivity index is 1.13. The molecule has 22 atom stereocenters. The summed E-state index contributed by atoms with van der Waals surface area (Å²) in [5.74, 6) is -3.22. The number of aliphatic hydroxyl groups excluding tert-OH is 10. The molecule has 370 valence electrons. The fraction of sp³-hybridized carbons (Fsp3) is 0.915. The van der Waals surface area contributed by atoms with E-state index in [0.717, 1.165) is 12.8 Å². The number of fused-ring (bicyclic) bond motifs is 7. The van der Waals surface area contributed by atoms with E-state index in [-0.39, 0.29) is 45.8 Å². The van der Waals surface area contributed by atoms with Crippen LogP contribution in [0.1, 0.15) is 113 Å². The van der Waals surface area contributed by atoms with Crippen LogP contribution in [-0.4, -0.2) is 167 Å². The van der Waals surface area contributed by atoms with Gasteiger partial charge in [0.25, 0.3) is 0 Å². The predicted molar refractivity (Wildman–Crippen MR) is 224 cm³/mol. The molecule has 8 aliphatic rings. The normalized spacial score (nSPS) is 53.9. The summed E-state index contributed by atoms with van der Waals surface area (Å²) in [6.45, 7) is 14.3. The molecule has 65 heavy (non-hydrogen) atoms. The minimum Gasteiger partial charge on any atom is -0.479 e. The highest BCUT2D eigenvalue weighted by Gasteiger charge is 2.74. The maximum Gasteiger partial charge on any atom is 0.335 e. The second-order valence-electron chi connectivity index (χ2n) is 23.3. The molecule has 0 spiro atoms. The van der Waals surface area contributed by atoms with Gasteiger partial charge in [-0.3, -0.25) is 4.79 Å². The van der Waals surface area contributed by atoms with Gasteiger partial charge in [0.2, 0.25) is 6.29 Å². The molecule has 3 aliphatic heterocycles. The van der Waals surface area contributed by atoms with Crippen LogP contribution in [0.3, 0.4) is 0 Å². The average Bonchev–Trinajstić information content (AvgIpc) is 3.23. The molecule has 0 radical (unpaired) electrons. The van der Waals surface area contributed by atoms with Crippen molar-refractivity contribution in [2.45, 2.75) is 198 Å². The highest BCUT2D eigenvalue weighted by atomic mass is 16.7. The molecule has 0 amide bonds. The summed E-state index contributed by atoms with van der Waals surface area (Å²) in [4.78, 5) is 27.3. The van der Waals surface area contributed by atoms with Crippen molar-refractivity contribution in [2.24, 2.45) is 56.2 Å². The SMILES string of the molecule is CC1(C)CC[C@]2(C(=O)OC3O[C@H](CO)[C@@H](O)[C@H](O)[C@H]3O)CC[C@]3(C)C(=CCC4[C@@]5(C)CCC([C@]6(OC7OC[C@@H](O)[C@H](O)[C@H]7O)[C@H](O)[C@@H](C(=O)O)OC(O)[C@@H]6O)C(C)(C)C5CC[C@]43C)[C@H]2C1. The van der Waals surface area contributed by atoms with E-state index in [9.17, 15) is 65.8 Å². The number of carbonyl (C=O) groups excluding carboxylic acids is 1. The summed E-state index contributed by atoms with van der Waals surface area (Å²) in [6.07, 6.45) is -14.4. The van der Waals surface area contributed by atoms with E-state index >= 15 is 0 Å². The van der Waals surface area contributed by atoms with Crippen LogP contribution in [0.5, 0.6) is 0 Å². The molecular weight excluding hydrogens is 852 g/mol. The maximum atomic E-state index is 14.7. The fourth-order valence-electron chi connectivity index (χ4n) is 15.7. The molecule has 18 nitrogen and oxygen atoms in total. The Hall–Kier alpha value is -1.88. The Kier molecular flexibility index (Phi) is 12.7. The Labute approximate surface area is 379 Å². The van der Waals surface area contributed by atoms with Crippen molar-refractivity contribution >= 4 is 11.9 Å². The van der Waals surface area contributed by atoms with Crippen LogP contribution in [0.25, 0.3) is 0 Å². The lowest BCUT2D eigenvalue weighted by atomic mass is 9.32. The summed E-state index contributed by atoms with van der Waals surface area (Å²) in [7, 11) is 0. The summed E-state index contributed by atoms with van der Waals surface area (Å²) in [5, 5.41) is 119. The van der Waals surface area contributed by atoms with Crippen molar-refractivity contribution in [3.05, 3.63) is 11.6 Å². The van der Waals surface area contributed by atoms with E-state index in [1.807, 2.05) is 13.8 Å². The molecule has 3 saturated heterocycles. The first-order chi connectivity index (χ1) is 30.2. The van der Waals surface area contributed by atoms with Crippen molar-refractivity contribution in [3.63, 3.8) is 0 Å². The Morgan fingerprint density at radius 3 is 2.03 bits per heavy atom. The van der Waals surface area contributed by atoms with Gasteiger partial charge < -0.3 is 79.9 Å². The Bertz CT molecular complexity index is 1860. The number of carbonyl (C=O) groups is 2. The Morgan fingerprint density at radius 1 is 0.723 bits per heavy atom. The molecule has 0 aromatic heterocycles. The van der Waals surface area contributed by atoms with Gasteiger partial charge in [-0.15, -0.1) is 0 Å². The van der Waals surface area contributed by atoms with Crippen molar-refractivity contribution in [1.29, 1.82) is 0 Å². The predicted octanol–water partition coefficient (Wildman–Crippen LogP) is 0.465. The van der Waals surface area contributed by atoms with Gasteiger partial charge in [-0.05, 0) is 115 Å². The molecule has 3 heterocycles. The number of hydrogen-bond donors (Lipinski definition) is 11. The van der Waals surface area contributed by atoms with Crippen LogP contribution in [0, 0.1) is 56.2 Å². The summed E-state index contributed by atoms with van der Waals surface area (Å²) >= 11 is 0. The zero-order valence-corrected chi connectivity index (χ0v) is 38.7. The van der Waals surface area contributed by atoms with E-state index in [1.165, 1.54) is 5.57 Å². The van der Waals surface area contributed by atoms with Crippen LogP contribution in [0.15, 0.2) is 11.6 Å². The number of carboxylic acids is 1. The van der Waals surface area contributed by atoms with Crippen LogP contribution >= 0.6 is 0 Å². The third-order valence-electron chi connectivity index (χ3n) is 19.5. The molecule has 11 N–H and O–H groups in total. The molecule has 6 unspecified atom stereocenters. The lowest BCUT2D eigenvalue weighted by Gasteiger charge is -2.72. The lowest BCUT2D eigenvalue weighted by Crippen LogP contribution is -2.76. The molecule has 4 saturated carbocycles. The van der Waals surface area contributed by atoms with Gasteiger partial charge in [-0.25, -0.2) is 4.79 Å². The van der Waals surface area contributed by atoms with E-state index in [1.54, 1.807) is 0 Å². The molecule has 7 fully saturated rings. The largest absolute Gasteiger partial charge is 0.479 e. The van der Waals surface area contributed by atoms with Crippen molar-refractivity contribution in [1.82, 2.24) is 0 Å². The van der Waals surface area contributed by atoms with Gasteiger partial charge in [0.15, 0.2) is 18.7 Å². The van der Waals surface area contributed by atoms with Crippen LogP contribution < -0.4 is 0 Å². The van der Waals surface area contributed by atoms with Gasteiger partial charge in [0.05, 0.1) is 18.6 Å². The molecule has 0 bridgehead atoms. The highest BCUT2D eigenvalue weighted by Crippen LogP contribution is 2.77. The van der Waals surface area contributed by atoms with Gasteiger partial charge in [0, 0.05) is 0 Å². The number of aliphatic hydroxyl groups is 10. The van der Waals surface area contributed by atoms with E-state index in [2.05, 4.69) is 40.7 Å². The summed E-state index contributed by atoms with van der Waals surface area (Å²) in [6, 6.07) is 0. The van der Waals surface area contributed by atoms with Gasteiger partial charge in [0.1, 0.15) is 60.5 Å². The second kappa shape index (κ2) is 16.6. The second-order valence-corrected chi connectivity index (χ2v) is 23.3. The van der Waals surface area contributed by atoms with Crippen LogP contribution in [0.2, 0.25) is 0 Å². The number of aliphatic carboxylic acids is 1. The maximum absolute atomic E-state index is 14.7. The first kappa shape index (κ1) is 49.5. The topological polar surface area (TPSA) is 303 Å². The number of hydrogen-bond acceptors (Lipinski definition) is 17. The van der Waals surface area contributed by atoms with E-state index in [4.69, 9.17) is 23.7 Å². The van der Waals surface area contributed by atoms with Crippen molar-refractivity contribution in [3.8, 4) is 0 Å². The monoisotopic (exact) mass is 926 g/mol. The molecule has 18 heteroatoms. The number of rotatable bonds is 7. The van der Waals surface area contributed by atoms with Crippen molar-refractivity contribution < 1.29 is 89.4 Å². The Morgan fingerprint density at radius 2 is 1.37 bits per heavy atom. The molecule has 5 aliphatic carbocycles. The van der Waals surface area contributed by atoms with Crippen LogP contribution in [0.4, 0.5) is 0 Å². The summed E-state index contributed by atoms with van der Waals surface area (Å²) in [5.41, 5.74) is -4.01. The van der Waals surface area contributed by atoms with Crippen molar-refractivity contribution in [2.75, 3.05) is 13.2 Å².